The van der Waals surface area contributed by atoms with Gasteiger partial charge in [0.2, 0.25) is 0 Å². The van der Waals surface area contributed by atoms with Crippen LogP contribution in [0, 0.1) is 18.7 Å². The van der Waals surface area contributed by atoms with Crippen LogP contribution in [0.3, 0.4) is 0 Å². The van der Waals surface area contributed by atoms with Crippen LogP contribution in [0.5, 0.6) is 0 Å². The summed E-state index contributed by atoms with van der Waals surface area (Å²) in [7, 11) is 0. The van der Waals surface area contributed by atoms with Gasteiger partial charge in [-0.2, -0.15) is 0 Å². The molecule has 1 heterocycles. The van der Waals surface area contributed by atoms with Crippen molar-refractivity contribution in [1.82, 2.24) is 14.9 Å². The van der Waals surface area contributed by atoms with Crippen molar-refractivity contribution in [3.05, 3.63) is 52.3 Å². The van der Waals surface area contributed by atoms with Crippen LogP contribution in [0.15, 0.2) is 24.4 Å². The number of nitrogens with zero attached hydrogens (tertiary/aromatic N) is 2. The molecule has 5 heteroatoms. The number of benzene rings is 1. The molecule has 0 aliphatic carbocycles. The zero-order valence-electron chi connectivity index (χ0n) is 12.7. The first kappa shape index (κ1) is 16.0. The number of halogens is 2. The Morgan fingerprint density at radius 2 is 2.14 bits per heavy atom. The molecule has 1 aromatic carbocycles. The second-order valence-electron chi connectivity index (χ2n) is 5.66. The summed E-state index contributed by atoms with van der Waals surface area (Å²) in [6.07, 6.45) is 1.87. The fourth-order valence-corrected chi connectivity index (χ4v) is 2.30. The summed E-state index contributed by atoms with van der Waals surface area (Å²) in [5.41, 5.74) is 1.98. The maximum absolute atomic E-state index is 13.5. The van der Waals surface area contributed by atoms with E-state index in [1.807, 2.05) is 19.2 Å². The Bertz CT molecular complexity index is 608. The first-order valence-electron chi connectivity index (χ1n) is 7.13. The van der Waals surface area contributed by atoms with Crippen LogP contribution in [-0.2, 0) is 13.1 Å². The van der Waals surface area contributed by atoms with E-state index in [-0.39, 0.29) is 10.8 Å². The molecular formula is C16H21ClFN3. The molecule has 1 N–H and O–H groups in total. The van der Waals surface area contributed by atoms with Gasteiger partial charge in [-0.15, -0.1) is 0 Å². The topological polar surface area (TPSA) is 29.9 Å². The van der Waals surface area contributed by atoms with E-state index < -0.39 is 0 Å². The van der Waals surface area contributed by atoms with Gasteiger partial charge in [-0.25, -0.2) is 9.37 Å². The van der Waals surface area contributed by atoms with E-state index in [2.05, 4.69) is 28.7 Å². The molecule has 0 fully saturated rings. The van der Waals surface area contributed by atoms with Crippen molar-refractivity contribution >= 4 is 11.6 Å². The number of aryl methyl sites for hydroxylation is 1. The van der Waals surface area contributed by atoms with E-state index in [1.54, 1.807) is 6.07 Å². The maximum Gasteiger partial charge on any atom is 0.142 e. The van der Waals surface area contributed by atoms with Crippen molar-refractivity contribution in [1.29, 1.82) is 0 Å². The van der Waals surface area contributed by atoms with E-state index in [0.29, 0.717) is 12.5 Å². The van der Waals surface area contributed by atoms with Crippen LogP contribution in [0.1, 0.15) is 30.9 Å². The van der Waals surface area contributed by atoms with Crippen LogP contribution >= 0.6 is 11.6 Å². The fourth-order valence-electron chi connectivity index (χ4n) is 2.18. The Morgan fingerprint density at radius 1 is 1.38 bits per heavy atom. The van der Waals surface area contributed by atoms with Gasteiger partial charge in [0.1, 0.15) is 11.6 Å². The summed E-state index contributed by atoms with van der Waals surface area (Å²) < 4.78 is 15.6. The summed E-state index contributed by atoms with van der Waals surface area (Å²) in [6.45, 7) is 8.61. The lowest BCUT2D eigenvalue weighted by Crippen LogP contribution is -2.21. The van der Waals surface area contributed by atoms with Gasteiger partial charge < -0.3 is 9.88 Å². The van der Waals surface area contributed by atoms with Crippen molar-refractivity contribution in [3.8, 4) is 0 Å². The van der Waals surface area contributed by atoms with Gasteiger partial charge in [-0.05, 0) is 37.1 Å². The number of aromatic nitrogens is 2. The van der Waals surface area contributed by atoms with Crippen LogP contribution in [0.4, 0.5) is 4.39 Å². The molecule has 0 aliphatic rings. The quantitative estimate of drug-likeness (QED) is 0.880. The standard InChI is InChI=1S/C16H21ClFN3/c1-11(2)7-19-8-14-9-20-12(3)21(14)10-13-4-5-15(17)16(18)6-13/h4-6,9,11,19H,7-8,10H2,1-3H3. The van der Waals surface area contributed by atoms with E-state index >= 15 is 0 Å². The minimum absolute atomic E-state index is 0.153. The molecule has 2 rings (SSSR count). The average molecular weight is 310 g/mol. The minimum Gasteiger partial charge on any atom is -0.327 e. The van der Waals surface area contributed by atoms with Gasteiger partial charge in [-0.3, -0.25) is 0 Å². The Morgan fingerprint density at radius 3 is 2.81 bits per heavy atom. The lowest BCUT2D eigenvalue weighted by molar-refractivity contribution is 0.537. The second-order valence-corrected chi connectivity index (χ2v) is 6.06. The number of hydrogen-bond acceptors (Lipinski definition) is 2. The zero-order chi connectivity index (χ0) is 15.4. The van der Waals surface area contributed by atoms with Crippen LogP contribution in [0.2, 0.25) is 5.02 Å². The maximum atomic E-state index is 13.5. The third-order valence-electron chi connectivity index (χ3n) is 3.32. The van der Waals surface area contributed by atoms with Crippen molar-refractivity contribution < 1.29 is 4.39 Å². The van der Waals surface area contributed by atoms with Crippen molar-refractivity contribution in [2.24, 2.45) is 5.92 Å². The van der Waals surface area contributed by atoms with Crippen molar-refractivity contribution in [3.63, 3.8) is 0 Å². The number of nitrogens with one attached hydrogen (secondary N) is 1. The van der Waals surface area contributed by atoms with E-state index in [9.17, 15) is 4.39 Å². The smallest absolute Gasteiger partial charge is 0.142 e. The highest BCUT2D eigenvalue weighted by atomic mass is 35.5. The largest absolute Gasteiger partial charge is 0.327 e. The number of hydrogen-bond donors (Lipinski definition) is 1. The summed E-state index contributed by atoms with van der Waals surface area (Å²) in [5, 5.41) is 3.56. The molecule has 1 aromatic heterocycles. The van der Waals surface area contributed by atoms with Crippen LogP contribution in [0.25, 0.3) is 0 Å². The van der Waals surface area contributed by atoms with Gasteiger partial charge in [0.15, 0.2) is 0 Å². The Kier molecular flexibility index (Phi) is 5.37. The summed E-state index contributed by atoms with van der Waals surface area (Å²) in [6, 6.07) is 4.92. The Hall–Kier alpha value is -1.39. The molecule has 0 bridgehead atoms. The third-order valence-corrected chi connectivity index (χ3v) is 3.63. The minimum atomic E-state index is -0.383. The van der Waals surface area contributed by atoms with Gasteiger partial charge in [-0.1, -0.05) is 31.5 Å². The Balaban J connectivity index is 2.11. The van der Waals surface area contributed by atoms with Crippen molar-refractivity contribution in [2.45, 2.75) is 33.9 Å². The van der Waals surface area contributed by atoms with E-state index in [4.69, 9.17) is 11.6 Å². The predicted molar refractivity (Wildman–Crippen MR) is 84.0 cm³/mol. The normalized spacial score (nSPS) is 11.3. The molecule has 21 heavy (non-hydrogen) atoms. The highest BCUT2D eigenvalue weighted by molar-refractivity contribution is 6.30. The highest BCUT2D eigenvalue weighted by Crippen LogP contribution is 2.17. The van der Waals surface area contributed by atoms with Gasteiger partial charge in [0, 0.05) is 19.3 Å². The molecule has 0 saturated heterocycles. The molecule has 0 unspecified atom stereocenters. The molecular weight excluding hydrogens is 289 g/mol. The average Bonchev–Trinajstić information content (AvgIpc) is 2.75. The van der Waals surface area contributed by atoms with E-state index in [0.717, 1.165) is 30.2 Å². The van der Waals surface area contributed by atoms with Gasteiger partial charge in [0.05, 0.1) is 10.7 Å². The molecule has 0 spiro atoms. The van der Waals surface area contributed by atoms with Gasteiger partial charge in [0.25, 0.3) is 0 Å². The molecule has 0 amide bonds. The molecule has 0 atom stereocenters. The first-order valence-corrected chi connectivity index (χ1v) is 7.51. The third kappa shape index (κ3) is 4.29. The lowest BCUT2D eigenvalue weighted by atomic mass is 10.2. The molecule has 114 valence electrons. The molecule has 0 radical (unpaired) electrons. The lowest BCUT2D eigenvalue weighted by Gasteiger charge is -2.12. The molecule has 0 aliphatic heterocycles. The number of rotatable bonds is 6. The van der Waals surface area contributed by atoms with Crippen LogP contribution in [-0.4, -0.2) is 16.1 Å². The predicted octanol–water partition coefficient (Wildman–Crippen LogP) is 3.78. The molecule has 2 aromatic rings. The Labute approximate surface area is 130 Å². The first-order chi connectivity index (χ1) is 9.97. The fraction of sp³-hybridized carbons (Fsp3) is 0.438. The second kappa shape index (κ2) is 7.05. The zero-order valence-corrected chi connectivity index (χ0v) is 13.4. The molecule has 0 saturated carbocycles. The number of imidazole rings is 1. The summed E-state index contributed by atoms with van der Waals surface area (Å²) in [5.74, 6) is 1.14. The highest BCUT2D eigenvalue weighted by Gasteiger charge is 2.09. The monoisotopic (exact) mass is 309 g/mol. The summed E-state index contributed by atoms with van der Waals surface area (Å²) >= 11 is 5.72. The van der Waals surface area contributed by atoms with E-state index in [1.165, 1.54) is 6.07 Å². The van der Waals surface area contributed by atoms with Crippen molar-refractivity contribution in [2.75, 3.05) is 6.54 Å². The summed E-state index contributed by atoms with van der Waals surface area (Å²) in [4.78, 5) is 4.35. The SMILES string of the molecule is Cc1ncc(CNCC(C)C)n1Cc1ccc(Cl)c(F)c1. The molecule has 3 nitrogen and oxygen atoms in total. The van der Waals surface area contributed by atoms with Crippen LogP contribution < -0.4 is 5.32 Å². The van der Waals surface area contributed by atoms with Gasteiger partial charge >= 0.3 is 0 Å².